The Labute approximate surface area is 111 Å². The highest BCUT2D eigenvalue weighted by Crippen LogP contribution is 2.03. The van der Waals surface area contributed by atoms with E-state index in [1.807, 2.05) is 11.8 Å². The fraction of sp³-hybridized carbons (Fsp3) is 1.00. The lowest BCUT2D eigenvalue weighted by atomic mass is 10.1. The molecule has 0 heterocycles. The average Bonchev–Trinajstić information content (AvgIpc) is 2.26. The molecule has 0 saturated carbocycles. The summed E-state index contributed by atoms with van der Waals surface area (Å²) in [7, 11) is 0. The molecule has 0 aromatic heterocycles. The van der Waals surface area contributed by atoms with Gasteiger partial charge in [-0.3, -0.25) is 0 Å². The largest absolute Gasteiger partial charge is 0.389 e. The van der Waals surface area contributed by atoms with Gasteiger partial charge in [-0.25, -0.2) is 0 Å². The highest BCUT2D eigenvalue weighted by atomic mass is 32.2. The van der Waals surface area contributed by atoms with Gasteiger partial charge in [0.15, 0.2) is 0 Å². The number of rotatable bonds is 11. The monoisotopic (exact) mass is 263 g/mol. The van der Waals surface area contributed by atoms with Gasteiger partial charge < -0.3 is 15.2 Å². The molecule has 0 aliphatic rings. The molecule has 0 fully saturated rings. The van der Waals surface area contributed by atoms with Crippen LogP contribution >= 0.6 is 11.8 Å². The normalized spacial score (nSPS) is 15.2. The van der Waals surface area contributed by atoms with Gasteiger partial charge in [-0.15, -0.1) is 0 Å². The van der Waals surface area contributed by atoms with Gasteiger partial charge in [0.05, 0.1) is 12.7 Å². The molecule has 0 amide bonds. The topological polar surface area (TPSA) is 41.5 Å². The van der Waals surface area contributed by atoms with Gasteiger partial charge in [-0.2, -0.15) is 11.8 Å². The van der Waals surface area contributed by atoms with Crippen LogP contribution in [0.2, 0.25) is 0 Å². The molecule has 2 atom stereocenters. The molecule has 0 aromatic rings. The summed E-state index contributed by atoms with van der Waals surface area (Å²) >= 11 is 1.81. The molecule has 0 spiro atoms. The number of aliphatic hydroxyl groups excluding tert-OH is 1. The second-order valence-corrected chi connectivity index (χ2v) is 5.94. The lowest BCUT2D eigenvalue weighted by Crippen LogP contribution is -2.37. The summed E-state index contributed by atoms with van der Waals surface area (Å²) in [5.41, 5.74) is 0. The Kier molecular flexibility index (Phi) is 11.5. The molecule has 4 heteroatoms. The van der Waals surface area contributed by atoms with Gasteiger partial charge in [0, 0.05) is 24.9 Å². The summed E-state index contributed by atoms with van der Waals surface area (Å²) in [5, 5.41) is 13.0. The molecule has 0 aliphatic heterocycles. The van der Waals surface area contributed by atoms with E-state index in [4.69, 9.17) is 4.74 Å². The van der Waals surface area contributed by atoms with E-state index in [9.17, 15) is 5.11 Å². The van der Waals surface area contributed by atoms with Crippen molar-refractivity contribution >= 4 is 11.8 Å². The molecular formula is C13H29NO2S. The van der Waals surface area contributed by atoms with Crippen LogP contribution in [0.1, 0.15) is 33.6 Å². The molecule has 2 N–H and O–H groups in total. The molecule has 17 heavy (non-hydrogen) atoms. The van der Waals surface area contributed by atoms with Crippen LogP contribution in [0, 0.1) is 5.92 Å². The first-order chi connectivity index (χ1) is 8.06. The zero-order valence-electron chi connectivity index (χ0n) is 11.7. The van der Waals surface area contributed by atoms with E-state index in [-0.39, 0.29) is 0 Å². The van der Waals surface area contributed by atoms with E-state index < -0.39 is 6.10 Å². The predicted octanol–water partition coefficient (Wildman–Crippen LogP) is 2.14. The van der Waals surface area contributed by atoms with Crippen molar-refractivity contribution < 1.29 is 9.84 Å². The van der Waals surface area contributed by atoms with Gasteiger partial charge >= 0.3 is 0 Å². The summed E-state index contributed by atoms with van der Waals surface area (Å²) < 4.78 is 5.44. The molecule has 3 nitrogen and oxygen atoms in total. The Morgan fingerprint density at radius 1 is 1.29 bits per heavy atom. The summed E-state index contributed by atoms with van der Waals surface area (Å²) in [6.07, 6.45) is 3.98. The number of ether oxygens (including phenoxy) is 1. The fourth-order valence-corrected chi connectivity index (χ4v) is 2.14. The minimum absolute atomic E-state index is 0.390. The third kappa shape index (κ3) is 12.5. The second-order valence-electron chi connectivity index (χ2n) is 5.03. The summed E-state index contributed by atoms with van der Waals surface area (Å²) in [6.45, 7) is 8.38. The quantitative estimate of drug-likeness (QED) is 0.560. The highest BCUT2D eigenvalue weighted by molar-refractivity contribution is 7.98. The van der Waals surface area contributed by atoms with Crippen molar-refractivity contribution in [3.05, 3.63) is 0 Å². The van der Waals surface area contributed by atoms with Crippen LogP contribution in [-0.4, -0.2) is 49.0 Å². The number of hydrogen-bond acceptors (Lipinski definition) is 4. The summed E-state index contributed by atoms with van der Waals surface area (Å²) in [5.74, 6) is 1.81. The van der Waals surface area contributed by atoms with Crippen LogP contribution in [0.15, 0.2) is 0 Å². The van der Waals surface area contributed by atoms with Crippen LogP contribution in [-0.2, 0) is 4.74 Å². The first kappa shape index (κ1) is 17.2. The van der Waals surface area contributed by atoms with Gasteiger partial charge in [0.1, 0.15) is 0 Å². The SMILES string of the molecule is CSCC(C)NCC(O)COCCCC(C)C. The van der Waals surface area contributed by atoms with Gasteiger partial charge in [-0.05, 0) is 31.9 Å². The maximum absolute atomic E-state index is 9.68. The average molecular weight is 263 g/mol. The van der Waals surface area contributed by atoms with E-state index >= 15 is 0 Å². The molecule has 0 saturated heterocycles. The third-order valence-corrected chi connectivity index (χ3v) is 3.33. The summed E-state index contributed by atoms with van der Waals surface area (Å²) in [6, 6.07) is 0.445. The Balaban J connectivity index is 3.31. The van der Waals surface area contributed by atoms with Crippen molar-refractivity contribution in [3.8, 4) is 0 Å². The van der Waals surface area contributed by atoms with Crippen molar-refractivity contribution in [1.29, 1.82) is 0 Å². The standard InChI is InChI=1S/C13H29NO2S/c1-11(2)6-5-7-16-9-13(15)8-14-12(3)10-17-4/h11-15H,5-10H2,1-4H3. The number of thioether (sulfide) groups is 1. The van der Waals surface area contributed by atoms with Gasteiger partial charge in [-0.1, -0.05) is 13.8 Å². The van der Waals surface area contributed by atoms with Crippen LogP contribution in [0.5, 0.6) is 0 Å². The first-order valence-corrected chi connectivity index (χ1v) is 7.93. The van der Waals surface area contributed by atoms with Crippen LogP contribution in [0.4, 0.5) is 0 Å². The molecule has 0 radical (unpaired) electrons. The van der Waals surface area contributed by atoms with Crippen molar-refractivity contribution in [1.82, 2.24) is 5.32 Å². The maximum Gasteiger partial charge on any atom is 0.0897 e. The van der Waals surface area contributed by atoms with Crippen LogP contribution < -0.4 is 5.32 Å². The van der Waals surface area contributed by atoms with E-state index in [1.54, 1.807) is 0 Å². The minimum Gasteiger partial charge on any atom is -0.389 e. The zero-order valence-corrected chi connectivity index (χ0v) is 12.6. The molecule has 104 valence electrons. The first-order valence-electron chi connectivity index (χ1n) is 6.54. The van der Waals surface area contributed by atoms with Gasteiger partial charge in [0.25, 0.3) is 0 Å². The van der Waals surface area contributed by atoms with E-state index in [1.165, 1.54) is 6.42 Å². The Morgan fingerprint density at radius 3 is 2.59 bits per heavy atom. The Hall–Kier alpha value is 0.230. The third-order valence-electron chi connectivity index (χ3n) is 2.50. The smallest absolute Gasteiger partial charge is 0.0897 e. The molecule has 0 aliphatic carbocycles. The molecule has 0 bridgehead atoms. The van der Waals surface area contributed by atoms with Crippen LogP contribution in [0.3, 0.4) is 0 Å². The highest BCUT2D eigenvalue weighted by Gasteiger charge is 2.06. The molecule has 0 aromatic carbocycles. The van der Waals surface area contributed by atoms with Crippen LogP contribution in [0.25, 0.3) is 0 Å². The van der Waals surface area contributed by atoms with E-state index in [0.717, 1.165) is 24.7 Å². The maximum atomic E-state index is 9.68. The number of hydrogen-bond donors (Lipinski definition) is 2. The van der Waals surface area contributed by atoms with E-state index in [0.29, 0.717) is 19.2 Å². The summed E-state index contributed by atoms with van der Waals surface area (Å²) in [4.78, 5) is 0. The van der Waals surface area contributed by atoms with E-state index in [2.05, 4.69) is 32.3 Å². The lowest BCUT2D eigenvalue weighted by molar-refractivity contribution is 0.0340. The number of nitrogens with one attached hydrogen (secondary N) is 1. The van der Waals surface area contributed by atoms with Gasteiger partial charge in [0.2, 0.25) is 0 Å². The van der Waals surface area contributed by atoms with Crippen molar-refractivity contribution in [2.24, 2.45) is 5.92 Å². The second kappa shape index (κ2) is 11.3. The predicted molar refractivity (Wildman–Crippen MR) is 76.7 cm³/mol. The Morgan fingerprint density at radius 2 is 2.00 bits per heavy atom. The molecular weight excluding hydrogens is 234 g/mol. The van der Waals surface area contributed by atoms with Crippen molar-refractivity contribution in [3.63, 3.8) is 0 Å². The fourth-order valence-electron chi connectivity index (χ4n) is 1.52. The number of aliphatic hydroxyl groups is 1. The minimum atomic E-state index is -0.390. The molecule has 2 unspecified atom stereocenters. The zero-order chi connectivity index (χ0) is 13.1. The van der Waals surface area contributed by atoms with Crippen molar-refractivity contribution in [2.75, 3.05) is 31.8 Å². The molecule has 0 rings (SSSR count). The Bertz CT molecular complexity index is 167. The van der Waals surface area contributed by atoms with Crippen molar-refractivity contribution in [2.45, 2.75) is 45.8 Å². The lowest BCUT2D eigenvalue weighted by Gasteiger charge is -2.16.